The average Bonchev–Trinajstić information content (AvgIpc) is 2.15. The third kappa shape index (κ3) is 2.07. The minimum Gasteiger partial charge on any atom is -0.481 e. The van der Waals surface area contributed by atoms with Crippen molar-refractivity contribution in [2.24, 2.45) is 0 Å². The molecule has 0 aromatic heterocycles. The summed E-state index contributed by atoms with van der Waals surface area (Å²) in [5, 5.41) is 10.5. The highest BCUT2D eigenvalue weighted by molar-refractivity contribution is 5.46. The van der Waals surface area contributed by atoms with Gasteiger partial charge in [0.2, 0.25) is 5.75 Å². The molecule has 0 amide bonds. The fourth-order valence-corrected chi connectivity index (χ4v) is 0.926. The van der Waals surface area contributed by atoms with Gasteiger partial charge in [0, 0.05) is 6.07 Å². The summed E-state index contributed by atoms with van der Waals surface area (Å²) < 4.78 is 17.9. The number of hydrogen-bond acceptors (Lipinski definition) is 3. The number of benzene rings is 1. The quantitative estimate of drug-likeness (QED) is 0.422. The van der Waals surface area contributed by atoms with Crippen LogP contribution in [0.1, 0.15) is 0 Å². The molecule has 74 valence electrons. The Balaban J connectivity index is 3.08. The summed E-state index contributed by atoms with van der Waals surface area (Å²) in [5.41, 5.74) is -0.383. The molecule has 0 bridgehead atoms. The average molecular weight is 197 g/mol. The topological polar surface area (TPSA) is 52.4 Å². The van der Waals surface area contributed by atoms with E-state index in [-0.39, 0.29) is 18.0 Å². The van der Waals surface area contributed by atoms with Crippen molar-refractivity contribution in [3.8, 4) is 5.75 Å². The van der Waals surface area contributed by atoms with Gasteiger partial charge >= 0.3 is 5.69 Å². The molecular formula is C9H8FNO3. The SMILES string of the molecule is C=CCOc1c(F)cccc1[N+](=O)[O-]. The predicted molar refractivity (Wildman–Crippen MR) is 48.7 cm³/mol. The van der Waals surface area contributed by atoms with E-state index in [9.17, 15) is 14.5 Å². The Kier molecular flexibility index (Phi) is 3.17. The van der Waals surface area contributed by atoms with Crippen LogP contribution in [0.5, 0.6) is 5.75 Å². The smallest absolute Gasteiger partial charge is 0.314 e. The molecule has 0 unspecified atom stereocenters. The Morgan fingerprint density at radius 1 is 1.64 bits per heavy atom. The van der Waals surface area contributed by atoms with Crippen LogP contribution in [0.15, 0.2) is 30.9 Å². The first-order valence-corrected chi connectivity index (χ1v) is 3.83. The Morgan fingerprint density at radius 2 is 2.36 bits per heavy atom. The van der Waals surface area contributed by atoms with Crippen LogP contribution in [0.3, 0.4) is 0 Å². The second-order valence-electron chi connectivity index (χ2n) is 2.44. The third-order valence-electron chi connectivity index (χ3n) is 1.49. The van der Waals surface area contributed by atoms with Crippen LogP contribution in [0.25, 0.3) is 0 Å². The fourth-order valence-electron chi connectivity index (χ4n) is 0.926. The second-order valence-corrected chi connectivity index (χ2v) is 2.44. The fraction of sp³-hybridized carbons (Fsp3) is 0.111. The first kappa shape index (κ1) is 10.2. The number of nitrogens with zero attached hydrogens (tertiary/aromatic N) is 1. The van der Waals surface area contributed by atoms with Crippen molar-refractivity contribution in [3.63, 3.8) is 0 Å². The lowest BCUT2D eigenvalue weighted by atomic mass is 10.3. The molecule has 1 aromatic carbocycles. The van der Waals surface area contributed by atoms with Gasteiger partial charge in [-0.1, -0.05) is 18.7 Å². The zero-order chi connectivity index (χ0) is 10.6. The summed E-state index contributed by atoms with van der Waals surface area (Å²) in [6.45, 7) is 3.39. The van der Waals surface area contributed by atoms with Gasteiger partial charge in [-0.05, 0) is 6.07 Å². The van der Waals surface area contributed by atoms with Crippen LogP contribution in [0.4, 0.5) is 10.1 Å². The maximum atomic E-state index is 13.1. The van der Waals surface area contributed by atoms with Gasteiger partial charge in [0.05, 0.1) is 4.92 Å². The number of hydrogen-bond donors (Lipinski definition) is 0. The zero-order valence-corrected chi connectivity index (χ0v) is 7.27. The number of rotatable bonds is 4. The molecule has 0 saturated carbocycles. The number of nitro groups is 1. The molecule has 0 spiro atoms. The highest BCUT2D eigenvalue weighted by Crippen LogP contribution is 2.29. The van der Waals surface area contributed by atoms with Gasteiger partial charge in [0.1, 0.15) is 6.61 Å². The van der Waals surface area contributed by atoms with E-state index in [1.807, 2.05) is 0 Å². The summed E-state index contributed by atoms with van der Waals surface area (Å²) in [5.74, 6) is -1.10. The van der Waals surface area contributed by atoms with Gasteiger partial charge in [0.15, 0.2) is 5.82 Å². The first-order chi connectivity index (χ1) is 6.66. The normalized spacial score (nSPS) is 9.50. The van der Waals surface area contributed by atoms with Gasteiger partial charge in [-0.3, -0.25) is 10.1 Å². The lowest BCUT2D eigenvalue weighted by Crippen LogP contribution is -2.00. The summed E-state index contributed by atoms with van der Waals surface area (Å²) >= 11 is 0. The first-order valence-electron chi connectivity index (χ1n) is 3.83. The van der Waals surface area contributed by atoms with Crippen molar-refractivity contribution in [2.45, 2.75) is 0 Å². The van der Waals surface area contributed by atoms with E-state index in [1.165, 1.54) is 18.2 Å². The second kappa shape index (κ2) is 4.36. The van der Waals surface area contributed by atoms with E-state index in [0.717, 1.165) is 6.07 Å². The lowest BCUT2D eigenvalue weighted by Gasteiger charge is -2.04. The van der Waals surface area contributed by atoms with Crippen LogP contribution in [-0.2, 0) is 0 Å². The number of nitro benzene ring substituents is 1. The van der Waals surface area contributed by atoms with Gasteiger partial charge < -0.3 is 4.74 Å². The third-order valence-corrected chi connectivity index (χ3v) is 1.49. The van der Waals surface area contributed by atoms with Crippen LogP contribution < -0.4 is 4.74 Å². The van der Waals surface area contributed by atoms with Crippen LogP contribution in [0.2, 0.25) is 0 Å². The number of ether oxygens (including phenoxy) is 1. The van der Waals surface area contributed by atoms with E-state index in [4.69, 9.17) is 4.74 Å². The van der Waals surface area contributed by atoms with Crippen molar-refractivity contribution in [3.05, 3.63) is 46.8 Å². The highest BCUT2D eigenvalue weighted by Gasteiger charge is 2.18. The minimum atomic E-state index is -0.749. The van der Waals surface area contributed by atoms with Crippen molar-refractivity contribution < 1.29 is 14.1 Å². The number of para-hydroxylation sites is 1. The minimum absolute atomic E-state index is 0.0295. The maximum Gasteiger partial charge on any atom is 0.314 e. The highest BCUT2D eigenvalue weighted by atomic mass is 19.1. The van der Waals surface area contributed by atoms with Crippen molar-refractivity contribution >= 4 is 5.69 Å². The zero-order valence-electron chi connectivity index (χ0n) is 7.27. The van der Waals surface area contributed by atoms with Crippen molar-refractivity contribution in [1.82, 2.24) is 0 Å². The molecule has 5 heteroatoms. The lowest BCUT2D eigenvalue weighted by molar-refractivity contribution is -0.386. The molecule has 0 aliphatic heterocycles. The molecule has 1 aromatic rings. The molecule has 0 fully saturated rings. The molecule has 0 saturated heterocycles. The van der Waals surface area contributed by atoms with Crippen LogP contribution in [-0.4, -0.2) is 11.5 Å². The van der Waals surface area contributed by atoms with Crippen LogP contribution >= 0.6 is 0 Å². The summed E-state index contributed by atoms with van der Waals surface area (Å²) in [6.07, 6.45) is 1.39. The molecule has 0 aliphatic rings. The largest absolute Gasteiger partial charge is 0.481 e. The maximum absolute atomic E-state index is 13.1. The van der Waals surface area contributed by atoms with E-state index >= 15 is 0 Å². The molecule has 0 atom stereocenters. The summed E-state index contributed by atoms with van der Waals surface area (Å²) in [7, 11) is 0. The Morgan fingerprint density at radius 3 is 2.93 bits per heavy atom. The van der Waals surface area contributed by atoms with Crippen LogP contribution in [0, 0.1) is 15.9 Å². The van der Waals surface area contributed by atoms with E-state index in [2.05, 4.69) is 6.58 Å². The van der Waals surface area contributed by atoms with Crippen molar-refractivity contribution in [2.75, 3.05) is 6.61 Å². The van der Waals surface area contributed by atoms with Gasteiger partial charge in [-0.15, -0.1) is 0 Å². The molecule has 0 aliphatic carbocycles. The molecule has 1 rings (SSSR count). The predicted octanol–water partition coefficient (Wildman–Crippen LogP) is 2.30. The van der Waals surface area contributed by atoms with E-state index in [1.54, 1.807) is 0 Å². The molecule has 14 heavy (non-hydrogen) atoms. The molecule has 4 nitrogen and oxygen atoms in total. The van der Waals surface area contributed by atoms with E-state index < -0.39 is 10.7 Å². The standard InChI is InChI=1S/C9H8FNO3/c1-2-6-14-9-7(10)4-3-5-8(9)11(12)13/h2-5H,1,6H2. The number of halogens is 1. The Hall–Kier alpha value is -1.91. The molecule has 0 heterocycles. The van der Waals surface area contributed by atoms with Gasteiger partial charge in [0.25, 0.3) is 0 Å². The molecule has 0 radical (unpaired) electrons. The van der Waals surface area contributed by atoms with Crippen molar-refractivity contribution in [1.29, 1.82) is 0 Å². The van der Waals surface area contributed by atoms with Gasteiger partial charge in [-0.25, -0.2) is 4.39 Å². The molecular weight excluding hydrogens is 189 g/mol. The van der Waals surface area contributed by atoms with Gasteiger partial charge in [-0.2, -0.15) is 0 Å². The molecule has 0 N–H and O–H groups in total. The summed E-state index contributed by atoms with van der Waals surface area (Å²) in [6, 6.07) is 3.54. The Bertz CT molecular complexity index is 365. The summed E-state index contributed by atoms with van der Waals surface area (Å²) in [4.78, 5) is 9.78. The Labute approximate surface area is 79.8 Å². The monoisotopic (exact) mass is 197 g/mol. The van der Waals surface area contributed by atoms with E-state index in [0.29, 0.717) is 0 Å².